The Morgan fingerprint density at radius 1 is 1.46 bits per heavy atom. The Hall–Kier alpha value is -2.25. The van der Waals surface area contributed by atoms with E-state index in [9.17, 15) is 18.4 Å². The summed E-state index contributed by atoms with van der Waals surface area (Å²) < 4.78 is 29.0. The van der Waals surface area contributed by atoms with Crippen LogP contribution >= 0.6 is 0 Å². The van der Waals surface area contributed by atoms with Crippen molar-refractivity contribution in [2.75, 3.05) is 13.1 Å². The predicted molar refractivity (Wildman–Crippen MR) is 91.8 cm³/mol. The number of aromatic nitrogens is 2. The zero-order valence-electron chi connectivity index (χ0n) is 15.0. The fourth-order valence-corrected chi connectivity index (χ4v) is 3.23. The van der Waals surface area contributed by atoms with Gasteiger partial charge in [0.1, 0.15) is 5.54 Å². The fourth-order valence-electron chi connectivity index (χ4n) is 3.23. The number of carbonyl (C=O) groups excluding carboxylic acids is 2. The lowest BCUT2D eigenvalue weighted by molar-refractivity contribution is -0.131. The van der Waals surface area contributed by atoms with E-state index < -0.39 is 36.4 Å². The second-order valence-electron chi connectivity index (χ2n) is 7.61. The number of rotatable bonds is 6. The summed E-state index contributed by atoms with van der Waals surface area (Å²) in [6.45, 7) is 6.12. The largest absolute Gasteiger partial charge is 0.352 e. The number of likely N-dealkylation sites (tertiary alicyclic amines) is 1. The average molecular weight is 366 g/mol. The minimum atomic E-state index is -2.95. The first-order valence-corrected chi connectivity index (χ1v) is 8.79. The molecule has 2 fully saturated rings. The van der Waals surface area contributed by atoms with Crippen LogP contribution in [0.5, 0.6) is 0 Å². The van der Waals surface area contributed by atoms with Gasteiger partial charge in [-0.3, -0.25) is 14.3 Å². The molecule has 1 saturated carbocycles. The van der Waals surface area contributed by atoms with Crippen molar-refractivity contribution in [1.82, 2.24) is 20.0 Å². The summed E-state index contributed by atoms with van der Waals surface area (Å²) in [6, 6.07) is 1.16. The van der Waals surface area contributed by atoms with E-state index in [-0.39, 0.29) is 12.5 Å². The van der Waals surface area contributed by atoms with Gasteiger partial charge in [0.15, 0.2) is 0 Å². The predicted octanol–water partition coefficient (Wildman–Crippen LogP) is 2.03. The Balaban J connectivity index is 1.64. The summed E-state index contributed by atoms with van der Waals surface area (Å²) in [5, 5.41) is 7.19. The van der Waals surface area contributed by atoms with Crippen LogP contribution in [0, 0.1) is 0 Å². The molecule has 0 aromatic carbocycles. The molecular formula is C18H24F2N4O2. The van der Waals surface area contributed by atoms with Crippen LogP contribution in [0.4, 0.5) is 8.78 Å². The van der Waals surface area contributed by atoms with Gasteiger partial charge in [0.25, 0.3) is 5.92 Å². The molecule has 0 radical (unpaired) electrons. The molecule has 1 atom stereocenters. The topological polar surface area (TPSA) is 67.2 Å². The fraction of sp³-hybridized carbons (Fsp3) is 0.611. The van der Waals surface area contributed by atoms with Crippen LogP contribution < -0.4 is 5.32 Å². The third-order valence-corrected chi connectivity index (χ3v) is 5.07. The molecule has 0 bridgehead atoms. The van der Waals surface area contributed by atoms with E-state index in [1.54, 1.807) is 24.7 Å². The number of amides is 2. The number of hydrogen-bond donors (Lipinski definition) is 1. The summed E-state index contributed by atoms with van der Waals surface area (Å²) in [4.78, 5) is 25.5. The molecule has 0 spiro atoms. The van der Waals surface area contributed by atoms with Gasteiger partial charge in [-0.25, -0.2) is 8.78 Å². The molecular weight excluding hydrogens is 342 g/mol. The molecule has 1 aromatic rings. The van der Waals surface area contributed by atoms with Gasteiger partial charge >= 0.3 is 0 Å². The average Bonchev–Trinajstić information content (AvgIpc) is 3.21. The van der Waals surface area contributed by atoms with E-state index in [4.69, 9.17) is 0 Å². The summed E-state index contributed by atoms with van der Waals surface area (Å²) in [6.07, 6.45) is 4.55. The molecule has 6 nitrogen and oxygen atoms in total. The van der Waals surface area contributed by atoms with Crippen molar-refractivity contribution in [2.24, 2.45) is 0 Å². The Morgan fingerprint density at radius 2 is 2.15 bits per heavy atom. The second-order valence-corrected chi connectivity index (χ2v) is 7.61. The summed E-state index contributed by atoms with van der Waals surface area (Å²) in [5.41, 5.74) is 0.0192. The van der Waals surface area contributed by atoms with Crippen molar-refractivity contribution in [1.29, 1.82) is 0 Å². The molecule has 142 valence electrons. The Bertz CT molecular complexity index is 725. The zero-order valence-corrected chi connectivity index (χ0v) is 15.0. The summed E-state index contributed by atoms with van der Waals surface area (Å²) in [7, 11) is 0. The normalized spacial score (nSPS) is 22.3. The Morgan fingerprint density at radius 3 is 2.77 bits per heavy atom. The molecule has 26 heavy (non-hydrogen) atoms. The molecule has 2 aliphatic rings. The van der Waals surface area contributed by atoms with Crippen molar-refractivity contribution >= 4 is 11.8 Å². The molecule has 1 aromatic heterocycles. The van der Waals surface area contributed by atoms with Crippen LogP contribution in [0.2, 0.25) is 0 Å². The van der Waals surface area contributed by atoms with Gasteiger partial charge in [-0.2, -0.15) is 5.10 Å². The minimum absolute atomic E-state index is 0.0335. The number of nitrogens with zero attached hydrogens (tertiary/aromatic N) is 3. The second kappa shape index (κ2) is 6.48. The molecule has 2 amide bonds. The number of nitrogens with one attached hydrogen (secondary N) is 1. The molecule has 3 rings (SSSR count). The van der Waals surface area contributed by atoms with Crippen molar-refractivity contribution in [3.05, 3.63) is 30.6 Å². The highest BCUT2D eigenvalue weighted by Gasteiger charge is 2.46. The maximum absolute atomic E-state index is 13.7. The molecule has 1 saturated heterocycles. The Labute approximate surface area is 151 Å². The van der Waals surface area contributed by atoms with Crippen LogP contribution in [0.3, 0.4) is 0 Å². The first kappa shape index (κ1) is 18.5. The highest BCUT2D eigenvalue weighted by atomic mass is 19.3. The third kappa shape index (κ3) is 3.64. The van der Waals surface area contributed by atoms with E-state index in [2.05, 4.69) is 17.0 Å². The maximum Gasteiger partial charge on any atom is 0.267 e. The van der Waals surface area contributed by atoms with Crippen LogP contribution in [-0.2, 0) is 15.1 Å². The standard InChI is InChI=1S/C18H24F2N4O2/c1-4-15(25)23-11-18(19,20)9-13(23)10-21-16(26)17(2,3)24-8-7-14(22-24)12-5-6-12/h4,7-8,12-13H,1,5-6,9-11H2,2-3H3,(H,21,26)/t13-/m0/s1. The molecule has 1 aliphatic carbocycles. The number of carbonyl (C=O) groups is 2. The van der Waals surface area contributed by atoms with Gasteiger partial charge in [-0.15, -0.1) is 0 Å². The van der Waals surface area contributed by atoms with Gasteiger partial charge in [-0.05, 0) is 38.8 Å². The maximum atomic E-state index is 13.7. The zero-order chi connectivity index (χ0) is 19.1. The van der Waals surface area contributed by atoms with Crippen LogP contribution in [-0.4, -0.2) is 51.5 Å². The SMILES string of the molecule is C=CC(=O)N1CC(F)(F)C[C@H]1CNC(=O)C(C)(C)n1ccc(C2CC2)n1. The smallest absolute Gasteiger partial charge is 0.267 e. The first-order chi connectivity index (χ1) is 12.1. The van der Waals surface area contributed by atoms with Crippen LogP contribution in [0.25, 0.3) is 0 Å². The van der Waals surface area contributed by atoms with Gasteiger partial charge in [-0.1, -0.05) is 6.58 Å². The quantitative estimate of drug-likeness (QED) is 0.784. The van der Waals surface area contributed by atoms with Crippen LogP contribution in [0.1, 0.15) is 44.7 Å². The number of hydrogen-bond acceptors (Lipinski definition) is 3. The van der Waals surface area contributed by atoms with E-state index in [1.807, 2.05) is 6.07 Å². The molecule has 8 heteroatoms. The van der Waals surface area contributed by atoms with Gasteiger partial charge in [0.2, 0.25) is 11.8 Å². The van der Waals surface area contributed by atoms with E-state index >= 15 is 0 Å². The third-order valence-electron chi connectivity index (χ3n) is 5.07. The summed E-state index contributed by atoms with van der Waals surface area (Å²) in [5.74, 6) is -3.36. The lowest BCUT2D eigenvalue weighted by atomic mass is 10.0. The lowest BCUT2D eigenvalue weighted by Gasteiger charge is -2.27. The van der Waals surface area contributed by atoms with Gasteiger partial charge in [0.05, 0.1) is 18.3 Å². The molecule has 0 unspecified atom stereocenters. The van der Waals surface area contributed by atoms with Crippen molar-refractivity contribution in [3.63, 3.8) is 0 Å². The monoisotopic (exact) mass is 366 g/mol. The van der Waals surface area contributed by atoms with E-state index in [0.29, 0.717) is 5.92 Å². The van der Waals surface area contributed by atoms with E-state index in [0.717, 1.165) is 29.5 Å². The van der Waals surface area contributed by atoms with Gasteiger partial charge < -0.3 is 10.2 Å². The molecule has 2 heterocycles. The van der Waals surface area contributed by atoms with Gasteiger partial charge in [0, 0.05) is 25.1 Å². The van der Waals surface area contributed by atoms with Crippen molar-refractivity contribution in [2.45, 2.75) is 56.5 Å². The van der Waals surface area contributed by atoms with Crippen molar-refractivity contribution in [3.8, 4) is 0 Å². The highest BCUT2D eigenvalue weighted by molar-refractivity contribution is 5.88. The lowest BCUT2D eigenvalue weighted by Crippen LogP contribution is -2.49. The molecule has 1 aliphatic heterocycles. The summed E-state index contributed by atoms with van der Waals surface area (Å²) >= 11 is 0. The number of alkyl halides is 2. The Kier molecular flexibility index (Phi) is 4.62. The van der Waals surface area contributed by atoms with E-state index in [1.165, 1.54) is 0 Å². The van der Waals surface area contributed by atoms with Crippen LogP contribution in [0.15, 0.2) is 24.9 Å². The number of halogens is 2. The molecule has 1 N–H and O–H groups in total. The minimum Gasteiger partial charge on any atom is -0.352 e. The van der Waals surface area contributed by atoms with Crippen molar-refractivity contribution < 1.29 is 18.4 Å². The highest BCUT2D eigenvalue weighted by Crippen LogP contribution is 2.39. The first-order valence-electron chi connectivity index (χ1n) is 8.79.